The zero-order valence-electron chi connectivity index (χ0n) is 28.6. The number of aromatic hydroxyl groups is 1. The number of hydrogen-bond donors (Lipinski definition) is 10. The Morgan fingerprint density at radius 3 is 2.19 bits per heavy atom. The second-order valence-electron chi connectivity index (χ2n) is 12.5. The van der Waals surface area contributed by atoms with Gasteiger partial charge in [-0.2, -0.15) is 0 Å². The van der Waals surface area contributed by atoms with Gasteiger partial charge in [-0.05, 0) is 62.8 Å². The van der Waals surface area contributed by atoms with Crippen molar-refractivity contribution in [3.05, 3.63) is 48.0 Å². The van der Waals surface area contributed by atoms with Crippen molar-refractivity contribution in [3.63, 3.8) is 0 Å². The molecule has 1 aliphatic rings. The van der Waals surface area contributed by atoms with Crippen LogP contribution in [0.15, 0.2) is 36.8 Å². The third-order valence-corrected chi connectivity index (χ3v) is 8.45. The summed E-state index contributed by atoms with van der Waals surface area (Å²) in [6.07, 6.45) is 4.03. The van der Waals surface area contributed by atoms with Gasteiger partial charge in [0.2, 0.25) is 29.5 Å². The first-order valence-corrected chi connectivity index (χ1v) is 16.9. The van der Waals surface area contributed by atoms with Crippen LogP contribution < -0.4 is 32.7 Å². The molecule has 19 nitrogen and oxygen atoms in total. The molecule has 3 rings (SSSR count). The maximum absolute atomic E-state index is 13.9. The van der Waals surface area contributed by atoms with Crippen LogP contribution in [-0.4, -0.2) is 122 Å². The van der Waals surface area contributed by atoms with E-state index < -0.39 is 78.2 Å². The fourth-order valence-corrected chi connectivity index (χ4v) is 5.64. The molecule has 284 valence electrons. The van der Waals surface area contributed by atoms with Crippen molar-refractivity contribution in [2.45, 2.75) is 88.0 Å². The highest BCUT2D eigenvalue weighted by molar-refractivity contribution is 5.96. The lowest BCUT2D eigenvalue weighted by atomic mass is 10.0. The highest BCUT2D eigenvalue weighted by Gasteiger charge is 2.38. The van der Waals surface area contributed by atoms with Gasteiger partial charge < -0.3 is 57.9 Å². The van der Waals surface area contributed by atoms with E-state index >= 15 is 0 Å². The fraction of sp³-hybridized carbons (Fsp3) is 0.515. The van der Waals surface area contributed by atoms with Gasteiger partial charge in [0, 0.05) is 37.7 Å². The first kappa shape index (κ1) is 40.9. The van der Waals surface area contributed by atoms with Crippen LogP contribution in [0, 0.1) is 0 Å². The molecule has 2 heterocycles. The molecule has 19 heteroatoms. The molecule has 0 aliphatic carbocycles. The number of carbonyl (C=O) groups excluding carboxylic acids is 5. The minimum Gasteiger partial charge on any atom is -0.508 e. The average Bonchev–Trinajstić information content (AvgIpc) is 3.82. The van der Waals surface area contributed by atoms with Gasteiger partial charge in [-0.15, -0.1) is 0 Å². The molecular formula is C33H47N9O10. The number of nitrogens with one attached hydrogen (secondary N) is 5. The molecule has 1 aromatic carbocycles. The van der Waals surface area contributed by atoms with Crippen molar-refractivity contribution in [3.8, 4) is 5.75 Å². The Balaban J connectivity index is 1.81. The molecule has 0 spiro atoms. The number of aromatic nitrogens is 2. The Kier molecular flexibility index (Phi) is 16.0. The van der Waals surface area contributed by atoms with Gasteiger partial charge in [-0.3, -0.25) is 28.8 Å². The van der Waals surface area contributed by atoms with E-state index in [-0.39, 0.29) is 50.8 Å². The fourth-order valence-electron chi connectivity index (χ4n) is 5.64. The number of hydrogen-bond acceptors (Lipinski definition) is 11. The monoisotopic (exact) mass is 729 g/mol. The van der Waals surface area contributed by atoms with Gasteiger partial charge in [0.15, 0.2) is 0 Å². The number of nitrogens with two attached hydrogens (primary N) is 2. The number of carbonyl (C=O) groups is 7. The highest BCUT2D eigenvalue weighted by atomic mass is 16.4. The van der Waals surface area contributed by atoms with E-state index in [1.165, 1.54) is 41.7 Å². The van der Waals surface area contributed by atoms with Crippen LogP contribution in [0.2, 0.25) is 0 Å². The summed E-state index contributed by atoms with van der Waals surface area (Å²) in [6.45, 7) is -0.0532. The van der Waals surface area contributed by atoms with Crippen LogP contribution in [0.4, 0.5) is 0 Å². The largest absolute Gasteiger partial charge is 0.508 e. The average molecular weight is 730 g/mol. The SMILES string of the molecule is NCCCC[C@H](NC(=O)[C@H](Cc1cnc[nH]1)NC(=O)[C@H](Cc1ccc(O)cc1)NC(=O)CNC(=O)[C@@H](N)CCC(=O)O)C(=O)N1CCC[C@H]1C(=O)O. The minimum absolute atomic E-state index is 0.0359. The number of rotatable bonds is 21. The smallest absolute Gasteiger partial charge is 0.326 e. The molecule has 2 aromatic rings. The molecular weight excluding hydrogens is 682 g/mol. The van der Waals surface area contributed by atoms with Crippen molar-refractivity contribution < 1.29 is 48.9 Å². The zero-order valence-corrected chi connectivity index (χ0v) is 28.6. The van der Waals surface area contributed by atoms with Crippen molar-refractivity contribution in [1.82, 2.24) is 36.1 Å². The van der Waals surface area contributed by atoms with Gasteiger partial charge in [-0.25, -0.2) is 9.78 Å². The Morgan fingerprint density at radius 2 is 1.58 bits per heavy atom. The highest BCUT2D eigenvalue weighted by Crippen LogP contribution is 2.20. The third kappa shape index (κ3) is 13.0. The van der Waals surface area contributed by atoms with E-state index in [0.29, 0.717) is 37.1 Å². The minimum atomic E-state index is -1.31. The molecule has 0 radical (unpaired) electrons. The van der Waals surface area contributed by atoms with Crippen molar-refractivity contribution >= 4 is 41.5 Å². The first-order chi connectivity index (χ1) is 24.8. The number of phenolic OH excluding ortho intramolecular Hbond substituents is 1. The number of likely N-dealkylation sites (tertiary alicyclic amines) is 1. The van der Waals surface area contributed by atoms with Crippen LogP contribution in [0.5, 0.6) is 5.75 Å². The van der Waals surface area contributed by atoms with Gasteiger partial charge in [0.1, 0.15) is 29.9 Å². The molecule has 1 aliphatic heterocycles. The molecule has 0 saturated carbocycles. The molecule has 0 unspecified atom stereocenters. The summed E-state index contributed by atoms with van der Waals surface area (Å²) in [5.74, 6) is -6.02. The zero-order chi connectivity index (χ0) is 38.2. The summed E-state index contributed by atoms with van der Waals surface area (Å²) in [6, 6.07) is -0.122. The summed E-state index contributed by atoms with van der Waals surface area (Å²) in [5, 5.41) is 38.4. The Labute approximate surface area is 299 Å². The van der Waals surface area contributed by atoms with Gasteiger partial charge in [-0.1, -0.05) is 12.1 Å². The van der Waals surface area contributed by atoms with Crippen LogP contribution in [0.1, 0.15) is 56.2 Å². The quantitative estimate of drug-likeness (QED) is 0.0615. The van der Waals surface area contributed by atoms with Crippen LogP contribution in [0.25, 0.3) is 0 Å². The first-order valence-electron chi connectivity index (χ1n) is 16.9. The number of nitrogens with zero attached hydrogens (tertiary/aromatic N) is 2. The van der Waals surface area contributed by atoms with Gasteiger partial charge in [0.05, 0.1) is 18.9 Å². The number of benzene rings is 1. The maximum atomic E-state index is 13.9. The lowest BCUT2D eigenvalue weighted by Crippen LogP contribution is -2.59. The molecule has 5 amide bonds. The number of unbranched alkanes of at least 4 members (excludes halogenated alkanes) is 1. The van der Waals surface area contributed by atoms with E-state index in [0.717, 1.165) is 0 Å². The lowest BCUT2D eigenvalue weighted by molar-refractivity contribution is -0.149. The summed E-state index contributed by atoms with van der Waals surface area (Å²) in [7, 11) is 0. The summed E-state index contributed by atoms with van der Waals surface area (Å²) in [4.78, 5) is 97.3. The Morgan fingerprint density at radius 1 is 0.904 bits per heavy atom. The second kappa shape index (κ2) is 20.3. The predicted octanol–water partition coefficient (Wildman–Crippen LogP) is -2.13. The number of imidazole rings is 1. The van der Waals surface area contributed by atoms with E-state index in [1.807, 2.05) is 0 Å². The normalized spacial score (nSPS) is 16.2. The number of aliphatic carboxylic acids is 2. The molecule has 5 atom stereocenters. The van der Waals surface area contributed by atoms with Crippen LogP contribution in [0.3, 0.4) is 0 Å². The third-order valence-electron chi connectivity index (χ3n) is 8.45. The van der Waals surface area contributed by atoms with E-state index in [2.05, 4.69) is 31.2 Å². The standard InChI is InChI=1S/C33H47N9O10/c34-12-2-1-4-23(32(50)42-13-3-5-26(42)33(51)52)40-31(49)25(15-20-16-36-18-38-20)41-30(48)24(14-19-6-8-21(43)9-7-19)39-27(44)17-37-29(47)22(35)10-11-28(45)46/h6-9,16,18,22-26,43H,1-5,10-15,17,34-35H2,(H,36,38)(H,37,47)(H,39,44)(H,40,49)(H,41,48)(H,45,46)(H,51,52)/t22-,23-,24-,25-,26-/m0/s1. The van der Waals surface area contributed by atoms with Crippen LogP contribution >= 0.6 is 0 Å². The number of phenols is 1. The number of carboxylic acid groups (broad SMARTS) is 2. The second-order valence-corrected chi connectivity index (χ2v) is 12.5. The van der Waals surface area contributed by atoms with Crippen molar-refractivity contribution in [2.75, 3.05) is 19.6 Å². The number of H-pyrrole nitrogens is 1. The molecule has 1 aromatic heterocycles. The van der Waals surface area contributed by atoms with Crippen molar-refractivity contribution in [1.29, 1.82) is 0 Å². The summed E-state index contributed by atoms with van der Waals surface area (Å²) < 4.78 is 0. The predicted molar refractivity (Wildman–Crippen MR) is 183 cm³/mol. The number of carboxylic acids is 2. The Hall–Kier alpha value is -5.56. The number of aromatic amines is 1. The molecule has 12 N–H and O–H groups in total. The Bertz CT molecular complexity index is 1540. The van der Waals surface area contributed by atoms with Gasteiger partial charge in [0.25, 0.3) is 0 Å². The van der Waals surface area contributed by atoms with E-state index in [9.17, 15) is 43.8 Å². The lowest BCUT2D eigenvalue weighted by Gasteiger charge is -2.29. The van der Waals surface area contributed by atoms with Crippen molar-refractivity contribution in [2.24, 2.45) is 11.5 Å². The maximum Gasteiger partial charge on any atom is 0.326 e. The van der Waals surface area contributed by atoms with E-state index in [1.54, 1.807) is 0 Å². The molecule has 1 saturated heterocycles. The topological polar surface area (TPSA) is 312 Å². The summed E-state index contributed by atoms with van der Waals surface area (Å²) >= 11 is 0. The van der Waals surface area contributed by atoms with Crippen LogP contribution in [-0.2, 0) is 46.4 Å². The van der Waals surface area contributed by atoms with E-state index in [4.69, 9.17) is 16.6 Å². The summed E-state index contributed by atoms with van der Waals surface area (Å²) in [5.41, 5.74) is 12.3. The molecule has 0 bridgehead atoms. The van der Waals surface area contributed by atoms with Gasteiger partial charge >= 0.3 is 11.9 Å². The number of amides is 5. The molecule has 1 fully saturated rings. The molecule has 52 heavy (non-hydrogen) atoms.